The van der Waals surface area contributed by atoms with E-state index in [0.29, 0.717) is 24.3 Å². The van der Waals surface area contributed by atoms with Crippen molar-refractivity contribution in [2.24, 2.45) is 0 Å². The number of hydrogen-bond acceptors (Lipinski definition) is 5. The van der Waals surface area contributed by atoms with Crippen LogP contribution in [0.25, 0.3) is 0 Å². The van der Waals surface area contributed by atoms with Gasteiger partial charge < -0.3 is 20.1 Å². The van der Waals surface area contributed by atoms with Crippen molar-refractivity contribution >= 4 is 17.8 Å². The number of ether oxygens (including phenoxy) is 2. The van der Waals surface area contributed by atoms with Crippen molar-refractivity contribution in [2.45, 2.75) is 31.6 Å². The summed E-state index contributed by atoms with van der Waals surface area (Å²) in [7, 11) is 0. The Hall–Kier alpha value is -2.45. The summed E-state index contributed by atoms with van der Waals surface area (Å²) in [5.74, 6) is -1.50. The Morgan fingerprint density at radius 2 is 1.80 bits per heavy atom. The standard InChI is InChI=1S/C17H21N3O5/c1-16(24-8-3-9-25-16)10-18-13(21)11-4-6-12(7-5-11)17(2)14(22)19-15(23)20-17/h4-7H,3,8-10H2,1-2H3,(H,18,21)(H2,19,20,22,23)/t17-/m0/s1. The lowest BCUT2D eigenvalue weighted by Gasteiger charge is -2.33. The van der Waals surface area contributed by atoms with Crippen LogP contribution in [0.15, 0.2) is 24.3 Å². The Bertz CT molecular complexity index is 697. The zero-order valence-corrected chi connectivity index (χ0v) is 14.2. The molecule has 3 rings (SSSR count). The van der Waals surface area contributed by atoms with Gasteiger partial charge in [0.05, 0.1) is 19.8 Å². The van der Waals surface area contributed by atoms with E-state index in [-0.39, 0.29) is 12.5 Å². The summed E-state index contributed by atoms with van der Waals surface area (Å²) in [6, 6.07) is 5.98. The lowest BCUT2D eigenvalue weighted by atomic mass is 9.91. The van der Waals surface area contributed by atoms with E-state index < -0.39 is 23.3 Å². The van der Waals surface area contributed by atoms with Crippen LogP contribution < -0.4 is 16.0 Å². The molecule has 0 radical (unpaired) electrons. The van der Waals surface area contributed by atoms with Gasteiger partial charge in [0.1, 0.15) is 5.54 Å². The largest absolute Gasteiger partial charge is 0.348 e. The highest BCUT2D eigenvalue weighted by molar-refractivity contribution is 6.07. The zero-order valence-electron chi connectivity index (χ0n) is 14.2. The smallest absolute Gasteiger partial charge is 0.322 e. The van der Waals surface area contributed by atoms with E-state index in [4.69, 9.17) is 9.47 Å². The molecule has 8 nitrogen and oxygen atoms in total. The van der Waals surface area contributed by atoms with Crippen LogP contribution in [0.2, 0.25) is 0 Å². The Kier molecular flexibility index (Phi) is 4.49. The van der Waals surface area contributed by atoms with Crippen LogP contribution >= 0.6 is 0 Å². The highest BCUT2D eigenvalue weighted by Crippen LogP contribution is 2.24. The summed E-state index contributed by atoms with van der Waals surface area (Å²) >= 11 is 0. The van der Waals surface area contributed by atoms with Gasteiger partial charge in [-0.25, -0.2) is 4.79 Å². The molecule has 4 amide bonds. The molecule has 2 aliphatic heterocycles. The minimum Gasteiger partial charge on any atom is -0.348 e. The average molecular weight is 347 g/mol. The Morgan fingerprint density at radius 1 is 1.16 bits per heavy atom. The minimum atomic E-state index is -1.14. The monoisotopic (exact) mass is 347 g/mol. The van der Waals surface area contributed by atoms with E-state index in [2.05, 4.69) is 16.0 Å². The summed E-state index contributed by atoms with van der Waals surface area (Å²) in [6.45, 7) is 4.85. The van der Waals surface area contributed by atoms with Crippen molar-refractivity contribution in [3.63, 3.8) is 0 Å². The molecule has 0 unspecified atom stereocenters. The van der Waals surface area contributed by atoms with Gasteiger partial charge in [-0.15, -0.1) is 0 Å². The molecule has 1 atom stereocenters. The van der Waals surface area contributed by atoms with Crippen molar-refractivity contribution in [3.8, 4) is 0 Å². The van der Waals surface area contributed by atoms with Gasteiger partial charge in [-0.1, -0.05) is 12.1 Å². The second-order valence-corrected chi connectivity index (χ2v) is 6.48. The lowest BCUT2D eigenvalue weighted by Crippen LogP contribution is -2.47. The van der Waals surface area contributed by atoms with Crippen LogP contribution in [0, 0.1) is 0 Å². The third-order valence-corrected chi connectivity index (χ3v) is 4.44. The maximum atomic E-state index is 12.3. The second kappa shape index (κ2) is 6.45. The number of amides is 4. The Balaban J connectivity index is 1.65. The molecule has 0 spiro atoms. The highest BCUT2D eigenvalue weighted by Gasteiger charge is 2.43. The summed E-state index contributed by atoms with van der Waals surface area (Å²) < 4.78 is 11.1. The number of carbonyl (C=O) groups is 3. The van der Waals surface area contributed by atoms with E-state index in [0.717, 1.165) is 6.42 Å². The number of hydrogen-bond donors (Lipinski definition) is 3. The van der Waals surface area contributed by atoms with Crippen LogP contribution in [-0.4, -0.2) is 43.4 Å². The molecule has 2 heterocycles. The maximum Gasteiger partial charge on any atom is 0.322 e. The molecule has 2 saturated heterocycles. The van der Waals surface area contributed by atoms with Crippen LogP contribution in [0.1, 0.15) is 36.2 Å². The average Bonchev–Trinajstić information content (AvgIpc) is 2.87. The fraction of sp³-hybridized carbons (Fsp3) is 0.471. The maximum absolute atomic E-state index is 12.3. The molecule has 0 aromatic heterocycles. The van der Waals surface area contributed by atoms with Crippen LogP contribution in [0.5, 0.6) is 0 Å². The molecule has 0 aliphatic carbocycles. The molecule has 2 fully saturated rings. The quantitative estimate of drug-likeness (QED) is 0.693. The van der Waals surface area contributed by atoms with Gasteiger partial charge >= 0.3 is 6.03 Å². The fourth-order valence-electron chi connectivity index (χ4n) is 2.82. The van der Waals surface area contributed by atoms with Crippen molar-refractivity contribution in [2.75, 3.05) is 19.8 Å². The predicted octanol–water partition coefficient (Wildman–Crippen LogP) is 0.624. The summed E-state index contributed by atoms with van der Waals surface area (Å²) in [4.78, 5) is 35.6. The van der Waals surface area contributed by atoms with Crippen molar-refractivity contribution in [1.82, 2.24) is 16.0 Å². The SMILES string of the molecule is CC1(CNC(=O)c2ccc([C@]3(C)NC(=O)NC3=O)cc2)OCCCO1. The molecule has 134 valence electrons. The number of urea groups is 1. The second-order valence-electron chi connectivity index (χ2n) is 6.48. The Labute approximate surface area is 145 Å². The molecule has 3 N–H and O–H groups in total. The van der Waals surface area contributed by atoms with Crippen LogP contribution in [0.4, 0.5) is 4.79 Å². The Morgan fingerprint density at radius 3 is 2.36 bits per heavy atom. The summed E-state index contributed by atoms with van der Waals surface area (Å²) in [6.07, 6.45) is 0.841. The molecule has 0 saturated carbocycles. The van der Waals surface area contributed by atoms with Crippen molar-refractivity contribution in [1.29, 1.82) is 0 Å². The van der Waals surface area contributed by atoms with E-state index in [1.165, 1.54) is 0 Å². The first-order valence-electron chi connectivity index (χ1n) is 8.13. The third-order valence-electron chi connectivity index (χ3n) is 4.44. The van der Waals surface area contributed by atoms with E-state index in [1.54, 1.807) is 38.1 Å². The zero-order chi connectivity index (χ0) is 18.1. The molecular formula is C17H21N3O5. The van der Waals surface area contributed by atoms with Gasteiger partial charge in [-0.3, -0.25) is 14.9 Å². The van der Waals surface area contributed by atoms with Gasteiger partial charge in [0, 0.05) is 5.56 Å². The van der Waals surface area contributed by atoms with Gasteiger partial charge in [-0.2, -0.15) is 0 Å². The lowest BCUT2D eigenvalue weighted by molar-refractivity contribution is -0.251. The molecule has 0 bridgehead atoms. The van der Waals surface area contributed by atoms with Crippen molar-refractivity contribution < 1.29 is 23.9 Å². The molecule has 25 heavy (non-hydrogen) atoms. The van der Waals surface area contributed by atoms with E-state index >= 15 is 0 Å². The van der Waals surface area contributed by atoms with Crippen LogP contribution in [0.3, 0.4) is 0 Å². The number of rotatable bonds is 4. The molecule has 1 aromatic rings. The predicted molar refractivity (Wildman–Crippen MR) is 87.7 cm³/mol. The fourth-order valence-corrected chi connectivity index (χ4v) is 2.82. The molecule has 8 heteroatoms. The number of benzene rings is 1. The van der Waals surface area contributed by atoms with Gasteiger partial charge in [0.2, 0.25) is 0 Å². The summed E-state index contributed by atoms with van der Waals surface area (Å²) in [5, 5.41) is 7.58. The first-order valence-corrected chi connectivity index (χ1v) is 8.13. The van der Waals surface area contributed by atoms with Crippen molar-refractivity contribution in [3.05, 3.63) is 35.4 Å². The number of carbonyl (C=O) groups excluding carboxylic acids is 3. The minimum absolute atomic E-state index is 0.240. The van der Waals surface area contributed by atoms with Crippen LogP contribution in [-0.2, 0) is 19.8 Å². The first kappa shape index (κ1) is 17.4. The van der Waals surface area contributed by atoms with Gasteiger partial charge in [-0.05, 0) is 38.0 Å². The van der Waals surface area contributed by atoms with E-state index in [1.807, 2.05) is 0 Å². The normalized spacial score (nSPS) is 25.2. The van der Waals surface area contributed by atoms with Gasteiger partial charge in [0.25, 0.3) is 11.8 Å². The number of imide groups is 1. The van der Waals surface area contributed by atoms with E-state index in [9.17, 15) is 14.4 Å². The summed E-state index contributed by atoms with van der Waals surface area (Å²) in [5.41, 5.74) is -0.0987. The number of nitrogens with one attached hydrogen (secondary N) is 3. The first-order chi connectivity index (χ1) is 11.8. The molecule has 2 aliphatic rings. The third kappa shape index (κ3) is 3.49. The molecule has 1 aromatic carbocycles. The molecular weight excluding hydrogens is 326 g/mol. The highest BCUT2D eigenvalue weighted by atomic mass is 16.7. The topological polar surface area (TPSA) is 106 Å². The van der Waals surface area contributed by atoms with Gasteiger partial charge in [0.15, 0.2) is 5.79 Å².